The summed E-state index contributed by atoms with van der Waals surface area (Å²) >= 11 is 0. The lowest BCUT2D eigenvalue weighted by molar-refractivity contribution is -0.143. The molecule has 37 heavy (non-hydrogen) atoms. The van der Waals surface area contributed by atoms with Gasteiger partial charge in [-0.1, -0.05) is 54.6 Å². The molecule has 0 aliphatic carbocycles. The van der Waals surface area contributed by atoms with E-state index in [1.807, 2.05) is 0 Å². The molecular weight excluding hydrogens is 494 g/mol. The lowest BCUT2D eigenvalue weighted by atomic mass is 9.72. The predicted octanol–water partition coefficient (Wildman–Crippen LogP) is 0.677. The number of fused-ring (bicyclic) bond motifs is 1. The van der Waals surface area contributed by atoms with Gasteiger partial charge in [0.25, 0.3) is 0 Å². The molecule has 11 heteroatoms. The van der Waals surface area contributed by atoms with E-state index in [2.05, 4.69) is 0 Å². The Morgan fingerprint density at radius 2 is 1.68 bits per heavy atom. The number of Topliss-reactive ketones (excluding diaryl/α,β-unsaturated/α-hetero) is 1. The molecule has 1 aliphatic heterocycles. The van der Waals surface area contributed by atoms with Crippen LogP contribution in [0.25, 0.3) is 10.8 Å². The van der Waals surface area contributed by atoms with Crippen molar-refractivity contribution in [2.45, 2.75) is 28.8 Å². The minimum atomic E-state index is -4.61. The highest BCUT2D eigenvalue weighted by Crippen LogP contribution is 2.43. The second-order valence-corrected chi connectivity index (χ2v) is 10.7. The Bertz CT molecular complexity index is 1490. The predicted molar refractivity (Wildman–Crippen MR) is 139 cm³/mol. The number of aliphatic hydroxyl groups is 1. The second-order valence-electron chi connectivity index (χ2n) is 9.20. The smallest absolute Gasteiger partial charge is 0.239 e. The van der Waals surface area contributed by atoms with Crippen molar-refractivity contribution in [1.82, 2.24) is 4.90 Å². The summed E-state index contributed by atoms with van der Waals surface area (Å²) in [5.41, 5.74) is 7.87. The standard InChI is InChI=1S/C26H29N5O5S/c27-23(28)21-19-11-5-4-8-17(19)14-20(22(21)37(30,35)36)26(16-33,31-12-6-7-13-31)24(34)25(29,15-32)18-9-2-1-3-10-18/h1-5,8-11,14-15,33H,6-7,12-13,16,29H2,(H3,27,28)(H2,30,35,36). The highest BCUT2D eigenvalue weighted by Gasteiger charge is 2.56. The van der Waals surface area contributed by atoms with Gasteiger partial charge in [-0.3, -0.25) is 15.1 Å². The first-order valence-electron chi connectivity index (χ1n) is 11.7. The van der Waals surface area contributed by atoms with Crippen molar-refractivity contribution in [2.24, 2.45) is 16.6 Å². The van der Waals surface area contributed by atoms with Gasteiger partial charge >= 0.3 is 0 Å². The van der Waals surface area contributed by atoms with Crippen molar-refractivity contribution in [1.29, 1.82) is 5.41 Å². The minimum Gasteiger partial charge on any atom is -0.394 e. The molecule has 0 amide bonds. The molecule has 0 bridgehead atoms. The van der Waals surface area contributed by atoms with Crippen LogP contribution in [0, 0.1) is 5.41 Å². The van der Waals surface area contributed by atoms with Crippen LogP contribution in [0.2, 0.25) is 0 Å². The Hall–Kier alpha value is -3.48. The highest BCUT2D eigenvalue weighted by molar-refractivity contribution is 7.89. The van der Waals surface area contributed by atoms with Crippen molar-refractivity contribution in [3.05, 3.63) is 77.4 Å². The lowest BCUT2D eigenvalue weighted by Gasteiger charge is -2.44. The fourth-order valence-electron chi connectivity index (χ4n) is 5.30. The number of aliphatic hydroxyl groups excluding tert-OH is 1. The molecular formula is C26H29N5O5S. The van der Waals surface area contributed by atoms with Crippen molar-refractivity contribution in [3.63, 3.8) is 0 Å². The molecule has 1 saturated heterocycles. The molecule has 10 nitrogen and oxygen atoms in total. The first-order valence-corrected chi connectivity index (χ1v) is 13.2. The van der Waals surface area contributed by atoms with E-state index in [1.165, 1.54) is 18.2 Å². The van der Waals surface area contributed by atoms with E-state index < -0.39 is 44.2 Å². The number of ketones is 1. The summed E-state index contributed by atoms with van der Waals surface area (Å²) in [5, 5.41) is 25.7. The van der Waals surface area contributed by atoms with Crippen molar-refractivity contribution in [2.75, 3.05) is 19.7 Å². The Morgan fingerprint density at radius 3 is 2.22 bits per heavy atom. The number of benzene rings is 3. The zero-order chi connectivity index (χ0) is 27.0. The topological polar surface area (TPSA) is 194 Å². The Balaban J connectivity index is 2.19. The third-order valence-corrected chi connectivity index (χ3v) is 8.06. The van der Waals surface area contributed by atoms with Crippen molar-refractivity contribution >= 4 is 38.7 Å². The van der Waals surface area contributed by atoms with Gasteiger partial charge < -0.3 is 21.4 Å². The lowest BCUT2D eigenvalue weighted by Crippen LogP contribution is -2.63. The van der Waals surface area contributed by atoms with Gasteiger partial charge in [0.15, 0.2) is 17.6 Å². The molecule has 8 N–H and O–H groups in total. The van der Waals surface area contributed by atoms with Gasteiger partial charge in [0.2, 0.25) is 10.0 Å². The van der Waals surface area contributed by atoms with Crippen LogP contribution in [0.3, 0.4) is 0 Å². The molecule has 1 aliphatic rings. The Labute approximate surface area is 214 Å². The summed E-state index contributed by atoms with van der Waals surface area (Å²) in [4.78, 5) is 28.1. The molecule has 4 rings (SSSR count). The number of nitrogens with one attached hydrogen (secondary N) is 1. The van der Waals surface area contributed by atoms with Gasteiger partial charge in [0.05, 0.1) is 11.5 Å². The van der Waals surface area contributed by atoms with Crippen LogP contribution in [0.1, 0.15) is 29.5 Å². The number of rotatable bonds is 9. The average molecular weight is 524 g/mol. The first-order chi connectivity index (χ1) is 17.5. The third kappa shape index (κ3) is 4.24. The van der Waals surface area contributed by atoms with Gasteiger partial charge in [-0.15, -0.1) is 0 Å². The summed E-state index contributed by atoms with van der Waals surface area (Å²) in [6.45, 7) is -0.256. The van der Waals surface area contributed by atoms with Gasteiger partial charge in [-0.2, -0.15) is 0 Å². The van der Waals surface area contributed by atoms with Gasteiger partial charge in [-0.25, -0.2) is 13.6 Å². The quantitative estimate of drug-likeness (QED) is 0.117. The van der Waals surface area contributed by atoms with E-state index in [-0.39, 0.29) is 16.7 Å². The maximum Gasteiger partial charge on any atom is 0.239 e. The molecule has 1 fully saturated rings. The third-order valence-electron chi connectivity index (χ3n) is 7.06. The fourth-order valence-corrected chi connectivity index (χ4v) is 6.34. The SMILES string of the molecule is N=C(N)c1c(S(N)(=O)=O)c(C(CO)(C(=O)C(N)(C=O)c2ccccc2)N2CCCC2)cc2ccccc12. The number of nitrogens with two attached hydrogens (primary N) is 3. The summed E-state index contributed by atoms with van der Waals surface area (Å²) in [6.07, 6.45) is 1.63. The summed E-state index contributed by atoms with van der Waals surface area (Å²) in [6, 6.07) is 16.0. The highest BCUT2D eigenvalue weighted by atomic mass is 32.2. The largest absolute Gasteiger partial charge is 0.394 e. The van der Waals surface area contributed by atoms with E-state index in [9.17, 15) is 23.1 Å². The van der Waals surface area contributed by atoms with Crippen LogP contribution in [0.4, 0.5) is 0 Å². The Morgan fingerprint density at radius 1 is 1.08 bits per heavy atom. The average Bonchev–Trinajstić information content (AvgIpc) is 3.43. The number of carbonyl (C=O) groups is 2. The number of primary sulfonamides is 1. The molecule has 0 aromatic heterocycles. The van der Waals surface area contributed by atoms with E-state index in [0.717, 1.165) is 0 Å². The van der Waals surface area contributed by atoms with Gasteiger partial charge in [0.1, 0.15) is 11.4 Å². The maximum atomic E-state index is 14.6. The number of amidine groups is 1. The van der Waals surface area contributed by atoms with E-state index >= 15 is 0 Å². The molecule has 0 spiro atoms. The molecule has 0 radical (unpaired) electrons. The van der Waals surface area contributed by atoms with Crippen LogP contribution in [-0.4, -0.2) is 56.0 Å². The zero-order valence-corrected chi connectivity index (χ0v) is 20.9. The fraction of sp³-hybridized carbons (Fsp3) is 0.269. The molecule has 2 atom stereocenters. The zero-order valence-electron chi connectivity index (χ0n) is 20.1. The number of carbonyl (C=O) groups excluding carboxylic acids is 2. The molecule has 0 saturated carbocycles. The molecule has 3 aromatic carbocycles. The van der Waals surface area contributed by atoms with E-state index in [0.29, 0.717) is 43.0 Å². The number of sulfonamides is 1. The van der Waals surface area contributed by atoms with Gasteiger partial charge in [0, 0.05) is 11.1 Å². The number of nitrogen functional groups attached to an aromatic ring is 1. The summed E-state index contributed by atoms with van der Waals surface area (Å²) in [7, 11) is -4.61. The summed E-state index contributed by atoms with van der Waals surface area (Å²) in [5.74, 6) is -1.50. The molecule has 2 unspecified atom stereocenters. The van der Waals surface area contributed by atoms with Crippen LogP contribution in [-0.2, 0) is 30.7 Å². The number of nitrogens with zero attached hydrogens (tertiary/aromatic N) is 1. The first kappa shape index (κ1) is 26.6. The second kappa shape index (κ2) is 9.77. The van der Waals surface area contributed by atoms with E-state index in [4.69, 9.17) is 22.0 Å². The number of hydrogen-bond acceptors (Lipinski definition) is 8. The number of hydrogen-bond donors (Lipinski definition) is 5. The van der Waals surface area contributed by atoms with Crippen LogP contribution in [0.15, 0.2) is 65.6 Å². The molecule has 3 aromatic rings. The van der Waals surface area contributed by atoms with E-state index in [1.54, 1.807) is 47.4 Å². The van der Waals surface area contributed by atoms with Crippen LogP contribution >= 0.6 is 0 Å². The number of aldehydes is 1. The maximum absolute atomic E-state index is 14.6. The monoisotopic (exact) mass is 523 g/mol. The minimum absolute atomic E-state index is 0.178. The normalized spacial score (nSPS) is 17.7. The van der Waals surface area contributed by atoms with Crippen molar-refractivity contribution in [3.8, 4) is 0 Å². The Kier molecular flexibility index (Phi) is 7.01. The molecule has 1 heterocycles. The van der Waals surface area contributed by atoms with Crippen LogP contribution in [0.5, 0.6) is 0 Å². The number of likely N-dealkylation sites (tertiary alicyclic amines) is 1. The van der Waals surface area contributed by atoms with Crippen LogP contribution < -0.4 is 16.6 Å². The van der Waals surface area contributed by atoms with Crippen molar-refractivity contribution < 1.29 is 23.1 Å². The van der Waals surface area contributed by atoms with Gasteiger partial charge in [-0.05, 0) is 48.3 Å². The summed E-state index contributed by atoms with van der Waals surface area (Å²) < 4.78 is 26.3. The molecule has 194 valence electrons.